The summed E-state index contributed by atoms with van der Waals surface area (Å²) in [4.78, 5) is 11.0. The Morgan fingerprint density at radius 1 is 1.31 bits per heavy atom. The summed E-state index contributed by atoms with van der Waals surface area (Å²) in [5.41, 5.74) is 4.95. The maximum absolute atomic E-state index is 12.2. The SMILES string of the molecule is COC(=O)C(N)c1ccc(C(F)(F)F)cc1. The minimum atomic E-state index is -4.39. The summed E-state index contributed by atoms with van der Waals surface area (Å²) in [5, 5.41) is 0. The quantitative estimate of drug-likeness (QED) is 0.793. The van der Waals surface area contributed by atoms with Gasteiger partial charge in [0.15, 0.2) is 0 Å². The van der Waals surface area contributed by atoms with Gasteiger partial charge in [0, 0.05) is 0 Å². The van der Waals surface area contributed by atoms with Crippen LogP contribution >= 0.6 is 0 Å². The summed E-state index contributed by atoms with van der Waals surface area (Å²) < 4.78 is 41.0. The van der Waals surface area contributed by atoms with Gasteiger partial charge < -0.3 is 10.5 Å². The van der Waals surface area contributed by atoms with Gasteiger partial charge in [-0.25, -0.2) is 0 Å². The molecule has 0 radical (unpaired) electrons. The smallest absolute Gasteiger partial charge is 0.416 e. The van der Waals surface area contributed by atoms with Crippen LogP contribution in [0.1, 0.15) is 17.2 Å². The van der Waals surface area contributed by atoms with E-state index in [1.807, 2.05) is 0 Å². The summed E-state index contributed by atoms with van der Waals surface area (Å²) in [5.74, 6) is -0.695. The van der Waals surface area contributed by atoms with Crippen molar-refractivity contribution in [1.29, 1.82) is 0 Å². The number of hydrogen-bond acceptors (Lipinski definition) is 3. The van der Waals surface area contributed by atoms with Crippen LogP contribution in [0, 0.1) is 0 Å². The van der Waals surface area contributed by atoms with Crippen molar-refractivity contribution in [3.05, 3.63) is 35.4 Å². The van der Waals surface area contributed by atoms with E-state index in [-0.39, 0.29) is 5.56 Å². The molecule has 0 aromatic heterocycles. The van der Waals surface area contributed by atoms with Gasteiger partial charge in [0.2, 0.25) is 0 Å². The monoisotopic (exact) mass is 233 g/mol. The fourth-order valence-electron chi connectivity index (χ4n) is 1.14. The maximum atomic E-state index is 12.2. The highest BCUT2D eigenvalue weighted by Gasteiger charge is 2.30. The molecule has 0 heterocycles. The molecule has 3 nitrogen and oxygen atoms in total. The Morgan fingerprint density at radius 3 is 2.19 bits per heavy atom. The van der Waals surface area contributed by atoms with Crippen LogP contribution in [0.15, 0.2) is 24.3 Å². The zero-order valence-corrected chi connectivity index (χ0v) is 8.41. The van der Waals surface area contributed by atoms with Gasteiger partial charge in [-0.05, 0) is 17.7 Å². The van der Waals surface area contributed by atoms with Crippen molar-refractivity contribution in [2.24, 2.45) is 5.73 Å². The van der Waals surface area contributed by atoms with Gasteiger partial charge in [0.05, 0.1) is 12.7 Å². The second-order valence-corrected chi connectivity index (χ2v) is 3.12. The molecule has 1 unspecified atom stereocenters. The van der Waals surface area contributed by atoms with E-state index >= 15 is 0 Å². The van der Waals surface area contributed by atoms with E-state index < -0.39 is 23.8 Å². The lowest BCUT2D eigenvalue weighted by molar-refractivity contribution is -0.142. The summed E-state index contributed by atoms with van der Waals surface area (Å²) >= 11 is 0. The van der Waals surface area contributed by atoms with E-state index in [2.05, 4.69) is 4.74 Å². The highest BCUT2D eigenvalue weighted by Crippen LogP contribution is 2.29. The van der Waals surface area contributed by atoms with E-state index in [1.165, 1.54) is 0 Å². The molecule has 0 amide bonds. The molecule has 16 heavy (non-hydrogen) atoms. The number of benzene rings is 1. The minimum absolute atomic E-state index is 0.278. The minimum Gasteiger partial charge on any atom is -0.468 e. The number of alkyl halides is 3. The third-order valence-corrected chi connectivity index (χ3v) is 2.05. The van der Waals surface area contributed by atoms with Crippen molar-refractivity contribution < 1.29 is 22.7 Å². The van der Waals surface area contributed by atoms with Gasteiger partial charge in [-0.2, -0.15) is 13.2 Å². The van der Waals surface area contributed by atoms with Crippen molar-refractivity contribution in [1.82, 2.24) is 0 Å². The van der Waals surface area contributed by atoms with Crippen LogP contribution in [-0.4, -0.2) is 13.1 Å². The second-order valence-electron chi connectivity index (χ2n) is 3.12. The van der Waals surface area contributed by atoms with Gasteiger partial charge in [-0.15, -0.1) is 0 Å². The third-order valence-electron chi connectivity index (χ3n) is 2.05. The standard InChI is InChI=1S/C10H10F3NO2/c1-16-9(15)8(14)6-2-4-7(5-3-6)10(11,12)13/h2-5,8H,14H2,1H3. The van der Waals surface area contributed by atoms with Gasteiger partial charge in [-0.1, -0.05) is 12.1 Å². The van der Waals surface area contributed by atoms with Crippen LogP contribution < -0.4 is 5.73 Å². The lowest BCUT2D eigenvalue weighted by Crippen LogP contribution is -2.22. The summed E-state index contributed by atoms with van der Waals surface area (Å²) in [7, 11) is 1.16. The number of halogens is 3. The van der Waals surface area contributed by atoms with Crippen LogP contribution in [0.4, 0.5) is 13.2 Å². The molecule has 1 rings (SSSR count). The molecular formula is C10H10F3NO2. The number of esters is 1. The van der Waals surface area contributed by atoms with E-state index in [9.17, 15) is 18.0 Å². The molecule has 1 aromatic rings. The van der Waals surface area contributed by atoms with E-state index in [4.69, 9.17) is 5.73 Å². The highest BCUT2D eigenvalue weighted by molar-refractivity contribution is 5.77. The first-order valence-electron chi connectivity index (χ1n) is 4.37. The molecule has 0 saturated heterocycles. The van der Waals surface area contributed by atoms with Crippen molar-refractivity contribution in [2.45, 2.75) is 12.2 Å². The predicted molar refractivity (Wildman–Crippen MR) is 50.4 cm³/mol. The highest BCUT2D eigenvalue weighted by atomic mass is 19.4. The Labute approximate surface area is 90.0 Å². The topological polar surface area (TPSA) is 52.3 Å². The Morgan fingerprint density at radius 2 is 1.81 bits per heavy atom. The molecule has 0 aliphatic rings. The largest absolute Gasteiger partial charge is 0.468 e. The number of ether oxygens (including phenoxy) is 1. The summed E-state index contributed by atoms with van der Waals surface area (Å²) in [6, 6.07) is 3.00. The molecule has 6 heteroatoms. The molecule has 88 valence electrons. The van der Waals surface area contributed by atoms with Crippen LogP contribution in [0.2, 0.25) is 0 Å². The average molecular weight is 233 g/mol. The van der Waals surface area contributed by atoms with Gasteiger partial charge in [0.25, 0.3) is 0 Å². The predicted octanol–water partition coefficient (Wildman–Crippen LogP) is 1.88. The number of carbonyl (C=O) groups is 1. The molecule has 0 bridgehead atoms. The molecular weight excluding hydrogens is 223 g/mol. The van der Waals surface area contributed by atoms with E-state index in [0.29, 0.717) is 0 Å². The van der Waals surface area contributed by atoms with Crippen LogP contribution in [-0.2, 0) is 15.7 Å². The normalized spacial score (nSPS) is 13.3. The molecule has 1 aromatic carbocycles. The molecule has 2 N–H and O–H groups in total. The lowest BCUT2D eigenvalue weighted by Gasteiger charge is -2.11. The Bertz CT molecular complexity index is 373. The van der Waals surface area contributed by atoms with E-state index in [1.54, 1.807) is 0 Å². The molecule has 0 fully saturated rings. The molecule has 0 saturated carbocycles. The Kier molecular flexibility index (Phi) is 3.54. The molecule has 0 spiro atoms. The first-order valence-corrected chi connectivity index (χ1v) is 4.37. The molecule has 1 atom stereocenters. The number of methoxy groups -OCH3 is 1. The average Bonchev–Trinajstić information content (AvgIpc) is 2.26. The van der Waals surface area contributed by atoms with Gasteiger partial charge in [0.1, 0.15) is 6.04 Å². The fraction of sp³-hybridized carbons (Fsp3) is 0.300. The van der Waals surface area contributed by atoms with Crippen molar-refractivity contribution in [3.8, 4) is 0 Å². The lowest BCUT2D eigenvalue weighted by atomic mass is 10.1. The van der Waals surface area contributed by atoms with Crippen molar-refractivity contribution in [2.75, 3.05) is 7.11 Å². The molecule has 0 aliphatic carbocycles. The fourth-order valence-corrected chi connectivity index (χ4v) is 1.14. The Hall–Kier alpha value is -1.56. The second kappa shape index (κ2) is 4.52. The zero-order chi connectivity index (χ0) is 12.3. The number of nitrogens with two attached hydrogens (primary N) is 1. The molecule has 0 aliphatic heterocycles. The van der Waals surface area contributed by atoms with Gasteiger partial charge in [-0.3, -0.25) is 4.79 Å². The Balaban J connectivity index is 2.91. The van der Waals surface area contributed by atoms with E-state index in [0.717, 1.165) is 31.4 Å². The van der Waals surface area contributed by atoms with Crippen molar-refractivity contribution >= 4 is 5.97 Å². The summed E-state index contributed by atoms with van der Waals surface area (Å²) in [6.07, 6.45) is -4.39. The van der Waals surface area contributed by atoms with Crippen LogP contribution in [0.25, 0.3) is 0 Å². The van der Waals surface area contributed by atoms with Crippen LogP contribution in [0.3, 0.4) is 0 Å². The number of rotatable bonds is 2. The van der Waals surface area contributed by atoms with Crippen LogP contribution in [0.5, 0.6) is 0 Å². The van der Waals surface area contributed by atoms with Crippen molar-refractivity contribution in [3.63, 3.8) is 0 Å². The number of carbonyl (C=O) groups excluding carboxylic acids is 1. The first-order chi connectivity index (χ1) is 7.36. The zero-order valence-electron chi connectivity index (χ0n) is 8.41. The maximum Gasteiger partial charge on any atom is 0.416 e. The summed E-state index contributed by atoms with van der Waals surface area (Å²) in [6.45, 7) is 0. The van der Waals surface area contributed by atoms with Gasteiger partial charge >= 0.3 is 12.1 Å². The third kappa shape index (κ3) is 2.73. The first kappa shape index (κ1) is 12.5. The number of hydrogen-bond donors (Lipinski definition) is 1.